The Balaban J connectivity index is 2.47. The number of hydrogen-bond donors (Lipinski definition) is 4. The second-order valence-electron chi connectivity index (χ2n) is 4.82. The van der Waals surface area contributed by atoms with Crippen molar-refractivity contribution in [3.05, 3.63) is 34.8 Å². The van der Waals surface area contributed by atoms with E-state index in [0.29, 0.717) is 37.6 Å². The molecule has 0 aliphatic heterocycles. The Morgan fingerprint density at radius 1 is 0.913 bits per heavy atom. The number of hydrogen-bond acceptors (Lipinski definition) is 7. The predicted octanol–water partition coefficient (Wildman–Crippen LogP) is -1.75. The highest BCUT2D eigenvalue weighted by molar-refractivity contribution is 5.78. The van der Waals surface area contributed by atoms with Gasteiger partial charge in [0.05, 0.1) is 25.5 Å². The first-order valence-corrected chi connectivity index (χ1v) is 7.83. The van der Waals surface area contributed by atoms with Crippen LogP contribution in [-0.4, -0.2) is 64.8 Å². The molecule has 1 rings (SSSR count). The first-order chi connectivity index (χ1) is 11.3. The third kappa shape index (κ3) is 8.36. The average molecular weight is 321 g/mol. The zero-order valence-electron chi connectivity index (χ0n) is 13.4. The van der Waals surface area contributed by atoms with E-state index in [1.165, 1.54) is 0 Å². The third-order valence-electron chi connectivity index (χ3n) is 2.93. The number of nitrogens with one attached hydrogen (secondary N) is 2. The summed E-state index contributed by atoms with van der Waals surface area (Å²) < 4.78 is 0.827. The van der Waals surface area contributed by atoms with Gasteiger partial charge in [-0.15, -0.1) is 0 Å². The molecule has 1 aromatic rings. The van der Waals surface area contributed by atoms with E-state index in [1.54, 1.807) is 24.6 Å². The Morgan fingerprint density at radius 2 is 1.39 bits per heavy atom. The molecule has 1 heterocycles. The van der Waals surface area contributed by atoms with E-state index < -0.39 is 0 Å². The zero-order chi connectivity index (χ0) is 16.8. The molecule has 0 radical (unpaired) electrons. The minimum Gasteiger partial charge on any atom is -0.618 e. The fraction of sp³-hybridized carbons (Fsp3) is 0.533. The van der Waals surface area contributed by atoms with Crippen molar-refractivity contribution >= 4 is 12.4 Å². The van der Waals surface area contributed by atoms with Gasteiger partial charge >= 0.3 is 0 Å². The van der Waals surface area contributed by atoms with Gasteiger partial charge < -0.3 is 27.3 Å². The second-order valence-corrected chi connectivity index (χ2v) is 4.82. The molecule has 0 atom stereocenters. The summed E-state index contributed by atoms with van der Waals surface area (Å²) in [6, 6.07) is 5.27. The SMILES string of the molecule is NCCNCCN=Cc1cccc(C=NCCNCCN)[n+]1[O-]. The third-order valence-corrected chi connectivity index (χ3v) is 2.93. The fourth-order valence-corrected chi connectivity index (χ4v) is 1.78. The molecule has 0 fully saturated rings. The monoisotopic (exact) mass is 321 g/mol. The van der Waals surface area contributed by atoms with Crippen molar-refractivity contribution < 1.29 is 4.73 Å². The summed E-state index contributed by atoms with van der Waals surface area (Å²) in [6.07, 6.45) is 3.16. The van der Waals surface area contributed by atoms with Crippen molar-refractivity contribution in [3.63, 3.8) is 0 Å². The van der Waals surface area contributed by atoms with E-state index in [2.05, 4.69) is 20.6 Å². The lowest BCUT2D eigenvalue weighted by molar-refractivity contribution is -0.607. The van der Waals surface area contributed by atoms with Crippen LogP contribution in [0.2, 0.25) is 0 Å². The second kappa shape index (κ2) is 12.7. The number of rotatable bonds is 12. The van der Waals surface area contributed by atoms with Crippen molar-refractivity contribution in [1.29, 1.82) is 0 Å². The van der Waals surface area contributed by atoms with Crippen molar-refractivity contribution in [2.24, 2.45) is 21.5 Å². The van der Waals surface area contributed by atoms with Crippen LogP contribution >= 0.6 is 0 Å². The van der Waals surface area contributed by atoms with E-state index in [9.17, 15) is 5.21 Å². The topological polar surface area (TPSA) is 128 Å². The first kappa shape index (κ1) is 19.2. The van der Waals surface area contributed by atoms with Crippen LogP contribution in [-0.2, 0) is 0 Å². The van der Waals surface area contributed by atoms with Gasteiger partial charge in [-0.25, -0.2) is 0 Å². The zero-order valence-corrected chi connectivity index (χ0v) is 13.4. The Hall–Kier alpha value is -1.87. The smallest absolute Gasteiger partial charge is 0.234 e. The number of aliphatic imine (C=N–C) groups is 2. The maximum Gasteiger partial charge on any atom is 0.234 e. The van der Waals surface area contributed by atoms with Gasteiger partial charge in [-0.2, -0.15) is 4.73 Å². The van der Waals surface area contributed by atoms with Crippen LogP contribution in [0.4, 0.5) is 0 Å². The summed E-state index contributed by atoms with van der Waals surface area (Å²) in [5.41, 5.74) is 11.7. The van der Waals surface area contributed by atoms with Gasteiger partial charge in [-0.05, 0) is 6.07 Å². The Labute approximate surface area is 137 Å². The van der Waals surface area contributed by atoms with Gasteiger partial charge in [0.2, 0.25) is 11.4 Å². The highest BCUT2D eigenvalue weighted by atomic mass is 16.5. The van der Waals surface area contributed by atoms with E-state index in [-0.39, 0.29) is 0 Å². The van der Waals surface area contributed by atoms with Crippen molar-refractivity contribution in [3.8, 4) is 0 Å². The summed E-state index contributed by atoms with van der Waals surface area (Å²) in [4.78, 5) is 8.46. The molecule has 0 aliphatic carbocycles. The minimum absolute atomic E-state index is 0.494. The average Bonchev–Trinajstić information content (AvgIpc) is 2.56. The Kier molecular flexibility index (Phi) is 10.5. The van der Waals surface area contributed by atoms with Crippen molar-refractivity contribution in [2.45, 2.75) is 0 Å². The largest absolute Gasteiger partial charge is 0.618 e. The number of nitrogens with zero attached hydrogens (tertiary/aromatic N) is 3. The molecule has 0 aliphatic rings. The molecular weight excluding hydrogens is 294 g/mol. The fourth-order valence-electron chi connectivity index (χ4n) is 1.78. The van der Waals surface area contributed by atoms with Gasteiger partial charge in [0.1, 0.15) is 0 Å². The van der Waals surface area contributed by atoms with E-state index in [1.807, 2.05) is 6.07 Å². The molecule has 1 aromatic heterocycles. The molecular formula is C15H27N7O. The van der Waals surface area contributed by atoms with Crippen LogP contribution in [0.3, 0.4) is 0 Å². The van der Waals surface area contributed by atoms with Crippen molar-refractivity contribution in [2.75, 3.05) is 52.4 Å². The van der Waals surface area contributed by atoms with Crippen LogP contribution < -0.4 is 26.8 Å². The Bertz CT molecular complexity index is 450. The molecule has 128 valence electrons. The molecule has 0 saturated heterocycles. The van der Waals surface area contributed by atoms with E-state index >= 15 is 0 Å². The van der Waals surface area contributed by atoms with Crippen LogP contribution in [0.25, 0.3) is 0 Å². The molecule has 0 aromatic carbocycles. The quantitative estimate of drug-likeness (QED) is 0.157. The molecule has 0 unspecified atom stereocenters. The summed E-state index contributed by atoms with van der Waals surface area (Å²) in [6.45, 7) is 5.43. The van der Waals surface area contributed by atoms with Gasteiger partial charge in [0, 0.05) is 51.4 Å². The molecule has 23 heavy (non-hydrogen) atoms. The molecule has 0 spiro atoms. The summed E-state index contributed by atoms with van der Waals surface area (Å²) in [5.74, 6) is 0. The highest BCUT2D eigenvalue weighted by Crippen LogP contribution is 1.93. The van der Waals surface area contributed by atoms with Crippen LogP contribution in [0.5, 0.6) is 0 Å². The lowest BCUT2D eigenvalue weighted by atomic mass is 10.3. The molecule has 0 bridgehead atoms. The van der Waals surface area contributed by atoms with Gasteiger partial charge in [-0.1, -0.05) is 0 Å². The highest BCUT2D eigenvalue weighted by Gasteiger charge is 2.06. The molecule has 0 amide bonds. The lowest BCUT2D eigenvalue weighted by Gasteiger charge is -2.03. The van der Waals surface area contributed by atoms with Gasteiger partial charge in [0.25, 0.3) is 0 Å². The molecule has 6 N–H and O–H groups in total. The number of pyridine rings is 1. The molecule has 8 nitrogen and oxygen atoms in total. The normalized spacial score (nSPS) is 11.7. The van der Waals surface area contributed by atoms with Crippen LogP contribution in [0.1, 0.15) is 11.4 Å². The lowest BCUT2D eigenvalue weighted by Crippen LogP contribution is -2.36. The molecule has 0 saturated carbocycles. The predicted molar refractivity (Wildman–Crippen MR) is 94.2 cm³/mol. The van der Waals surface area contributed by atoms with E-state index in [0.717, 1.165) is 30.9 Å². The number of aromatic nitrogens is 1. The van der Waals surface area contributed by atoms with Gasteiger partial charge in [-0.3, -0.25) is 9.98 Å². The maximum atomic E-state index is 12.2. The Morgan fingerprint density at radius 3 is 1.83 bits per heavy atom. The number of nitrogens with two attached hydrogens (primary N) is 2. The molecule has 8 heteroatoms. The summed E-state index contributed by atoms with van der Waals surface area (Å²) in [7, 11) is 0. The van der Waals surface area contributed by atoms with Gasteiger partial charge in [0.15, 0.2) is 0 Å². The van der Waals surface area contributed by atoms with Crippen LogP contribution in [0, 0.1) is 5.21 Å². The first-order valence-electron chi connectivity index (χ1n) is 7.83. The van der Waals surface area contributed by atoms with Crippen LogP contribution in [0.15, 0.2) is 28.2 Å². The van der Waals surface area contributed by atoms with Crippen molar-refractivity contribution in [1.82, 2.24) is 10.6 Å². The summed E-state index contributed by atoms with van der Waals surface area (Å²) >= 11 is 0. The minimum atomic E-state index is 0.494. The standard InChI is InChI=1S/C15H27N7O/c16-4-6-18-8-10-20-12-14-2-1-3-15(22(14)23)13-21-11-9-19-7-5-17/h1-3,12-13,18-19H,4-11,16-17H2. The summed E-state index contributed by atoms with van der Waals surface area (Å²) in [5, 5.41) is 18.4. The van der Waals surface area contributed by atoms with E-state index in [4.69, 9.17) is 11.5 Å². The maximum absolute atomic E-state index is 12.2.